The molecule has 1 aromatic rings. The predicted octanol–water partition coefficient (Wildman–Crippen LogP) is 3.48. The third-order valence-corrected chi connectivity index (χ3v) is 5.80. The molecule has 0 aliphatic carbocycles. The summed E-state index contributed by atoms with van der Waals surface area (Å²) in [5.74, 6) is -0.257. The normalized spacial score (nSPS) is 25.7. The largest absolute Gasteiger partial charge is 0.401 e. The van der Waals surface area contributed by atoms with Crippen molar-refractivity contribution in [3.8, 4) is 0 Å². The third-order valence-electron chi connectivity index (χ3n) is 5.55. The Morgan fingerprint density at radius 3 is 2.37 bits per heavy atom. The molecule has 1 N–H and O–H groups in total. The molecule has 2 saturated heterocycles. The van der Waals surface area contributed by atoms with Gasteiger partial charge in [0, 0.05) is 23.5 Å². The van der Waals surface area contributed by atoms with E-state index in [1.54, 1.807) is 0 Å². The first-order valence-corrected chi connectivity index (χ1v) is 9.66. The molecular weight excluding hydrogens is 379 g/mol. The molecule has 8 heteroatoms. The number of likely N-dealkylation sites (tertiary alicyclic amines) is 2. The Hall–Kier alpha value is -1.31. The van der Waals surface area contributed by atoms with Gasteiger partial charge in [0.05, 0.1) is 12.6 Å². The van der Waals surface area contributed by atoms with Crippen molar-refractivity contribution >= 4 is 17.5 Å². The van der Waals surface area contributed by atoms with Crippen LogP contribution in [0, 0.1) is 5.92 Å². The molecule has 0 radical (unpaired) electrons. The number of piperidine rings is 1. The van der Waals surface area contributed by atoms with Gasteiger partial charge < -0.3 is 5.32 Å². The Morgan fingerprint density at radius 2 is 1.78 bits per heavy atom. The minimum Gasteiger partial charge on any atom is -0.351 e. The summed E-state index contributed by atoms with van der Waals surface area (Å²) in [6.45, 7) is 0.598. The molecule has 2 heterocycles. The summed E-state index contributed by atoms with van der Waals surface area (Å²) < 4.78 is 37.5. The zero-order chi connectivity index (χ0) is 19.6. The number of halogens is 4. The maximum absolute atomic E-state index is 12.7. The number of hydrogen-bond donors (Lipinski definition) is 1. The van der Waals surface area contributed by atoms with Crippen LogP contribution < -0.4 is 5.32 Å². The molecule has 0 aromatic heterocycles. The number of hydrogen-bond acceptors (Lipinski definition) is 3. The molecule has 4 nitrogen and oxygen atoms in total. The lowest BCUT2D eigenvalue weighted by Crippen LogP contribution is -2.46. The topological polar surface area (TPSA) is 35.6 Å². The molecule has 2 fully saturated rings. The second-order valence-electron chi connectivity index (χ2n) is 7.55. The van der Waals surface area contributed by atoms with Gasteiger partial charge in [0.2, 0.25) is 5.91 Å². The fourth-order valence-electron chi connectivity index (χ4n) is 4.15. The van der Waals surface area contributed by atoms with Gasteiger partial charge in [-0.3, -0.25) is 14.6 Å². The molecular formula is C19H25ClF3N3O. The van der Waals surface area contributed by atoms with Crippen molar-refractivity contribution < 1.29 is 18.0 Å². The maximum atomic E-state index is 12.7. The van der Waals surface area contributed by atoms with E-state index in [0.29, 0.717) is 31.0 Å². The summed E-state index contributed by atoms with van der Waals surface area (Å²) >= 11 is 5.97. The maximum Gasteiger partial charge on any atom is 0.401 e. The van der Waals surface area contributed by atoms with Crippen molar-refractivity contribution in [3.05, 3.63) is 34.9 Å². The number of benzene rings is 1. The Labute approximate surface area is 162 Å². The fourth-order valence-corrected chi connectivity index (χ4v) is 4.28. The molecule has 1 amide bonds. The smallest absolute Gasteiger partial charge is 0.351 e. The van der Waals surface area contributed by atoms with Crippen molar-refractivity contribution in [2.24, 2.45) is 5.92 Å². The summed E-state index contributed by atoms with van der Waals surface area (Å²) in [4.78, 5) is 16.3. The minimum atomic E-state index is -4.19. The average molecular weight is 404 g/mol. The van der Waals surface area contributed by atoms with Gasteiger partial charge >= 0.3 is 6.18 Å². The Bertz CT molecular complexity index is 645. The number of alkyl halides is 3. The summed E-state index contributed by atoms with van der Waals surface area (Å²) in [7, 11) is 2.03. The number of rotatable bonds is 4. The summed E-state index contributed by atoms with van der Waals surface area (Å²) in [5, 5.41) is 3.82. The first-order chi connectivity index (χ1) is 12.7. The van der Waals surface area contributed by atoms with E-state index in [4.69, 9.17) is 11.6 Å². The van der Waals surface area contributed by atoms with E-state index >= 15 is 0 Å². The van der Waals surface area contributed by atoms with Crippen LogP contribution in [0.1, 0.15) is 30.9 Å². The molecule has 2 atom stereocenters. The highest BCUT2D eigenvalue weighted by molar-refractivity contribution is 6.30. The highest BCUT2D eigenvalue weighted by Crippen LogP contribution is 2.32. The molecule has 0 spiro atoms. The van der Waals surface area contributed by atoms with Crippen molar-refractivity contribution in [1.82, 2.24) is 15.1 Å². The number of amides is 1. The minimum absolute atomic E-state index is 0.00289. The van der Waals surface area contributed by atoms with Crippen molar-refractivity contribution in [3.63, 3.8) is 0 Å². The van der Waals surface area contributed by atoms with Crippen LogP contribution in [0.15, 0.2) is 24.3 Å². The van der Waals surface area contributed by atoms with E-state index in [0.717, 1.165) is 18.5 Å². The lowest BCUT2D eigenvalue weighted by atomic mass is 9.94. The van der Waals surface area contributed by atoms with Crippen molar-refractivity contribution in [2.75, 3.05) is 33.2 Å². The molecule has 150 valence electrons. The predicted molar refractivity (Wildman–Crippen MR) is 98.6 cm³/mol. The molecule has 1 aromatic carbocycles. The van der Waals surface area contributed by atoms with E-state index in [1.807, 2.05) is 31.3 Å². The zero-order valence-corrected chi connectivity index (χ0v) is 16.1. The van der Waals surface area contributed by atoms with E-state index in [9.17, 15) is 18.0 Å². The standard InChI is InChI=1S/C19H25ClF3N3O/c1-25-9-8-16(17(25)13-2-4-15(20)5-3-13)24-18(27)14-6-10-26(11-7-14)12-19(21,22)23/h2-5,14,16-17H,6-12H2,1H3,(H,24,27). The van der Waals surface area contributed by atoms with Gasteiger partial charge in [-0.15, -0.1) is 0 Å². The van der Waals surface area contributed by atoms with Crippen LogP contribution >= 0.6 is 11.6 Å². The van der Waals surface area contributed by atoms with E-state index < -0.39 is 12.7 Å². The summed E-state index contributed by atoms with van der Waals surface area (Å²) in [6, 6.07) is 7.72. The number of nitrogens with zero attached hydrogens (tertiary/aromatic N) is 2. The van der Waals surface area contributed by atoms with Crippen LogP contribution in [-0.4, -0.2) is 61.2 Å². The van der Waals surface area contributed by atoms with Crippen LogP contribution in [0.2, 0.25) is 5.02 Å². The number of carbonyl (C=O) groups excluding carboxylic acids is 1. The Kier molecular flexibility index (Phi) is 6.33. The monoisotopic (exact) mass is 403 g/mol. The quantitative estimate of drug-likeness (QED) is 0.836. The summed E-state index contributed by atoms with van der Waals surface area (Å²) in [5.41, 5.74) is 1.10. The van der Waals surface area contributed by atoms with E-state index in [-0.39, 0.29) is 23.9 Å². The Morgan fingerprint density at radius 1 is 1.15 bits per heavy atom. The lowest BCUT2D eigenvalue weighted by molar-refractivity contribution is -0.149. The molecule has 2 aliphatic rings. The SMILES string of the molecule is CN1CCC(NC(=O)C2CCN(CC(F)(F)F)CC2)C1c1ccc(Cl)cc1. The second-order valence-corrected chi connectivity index (χ2v) is 7.98. The van der Waals surface area contributed by atoms with Crippen LogP contribution in [-0.2, 0) is 4.79 Å². The number of carbonyl (C=O) groups is 1. The molecule has 0 bridgehead atoms. The first-order valence-electron chi connectivity index (χ1n) is 9.28. The second kappa shape index (κ2) is 8.37. The van der Waals surface area contributed by atoms with Gasteiger partial charge in [-0.05, 0) is 57.1 Å². The first kappa shape index (κ1) is 20.4. The van der Waals surface area contributed by atoms with Gasteiger partial charge in [-0.25, -0.2) is 0 Å². The van der Waals surface area contributed by atoms with Crippen LogP contribution in [0.4, 0.5) is 13.2 Å². The van der Waals surface area contributed by atoms with Gasteiger partial charge in [0.15, 0.2) is 0 Å². The molecule has 2 unspecified atom stereocenters. The molecule has 27 heavy (non-hydrogen) atoms. The molecule has 2 aliphatic heterocycles. The average Bonchev–Trinajstić information content (AvgIpc) is 2.95. The molecule has 0 saturated carbocycles. The number of nitrogens with one attached hydrogen (secondary N) is 1. The number of likely N-dealkylation sites (N-methyl/N-ethyl adjacent to an activating group) is 1. The van der Waals surface area contributed by atoms with Crippen LogP contribution in [0.3, 0.4) is 0 Å². The van der Waals surface area contributed by atoms with Crippen LogP contribution in [0.25, 0.3) is 0 Å². The van der Waals surface area contributed by atoms with Gasteiger partial charge in [-0.1, -0.05) is 23.7 Å². The van der Waals surface area contributed by atoms with Crippen LogP contribution in [0.5, 0.6) is 0 Å². The van der Waals surface area contributed by atoms with Crippen molar-refractivity contribution in [1.29, 1.82) is 0 Å². The van der Waals surface area contributed by atoms with E-state index in [1.165, 1.54) is 4.90 Å². The van der Waals surface area contributed by atoms with E-state index in [2.05, 4.69) is 10.2 Å². The van der Waals surface area contributed by atoms with Gasteiger partial charge in [0.25, 0.3) is 0 Å². The Balaban J connectivity index is 1.56. The lowest BCUT2D eigenvalue weighted by Gasteiger charge is -2.33. The van der Waals surface area contributed by atoms with Crippen molar-refractivity contribution in [2.45, 2.75) is 37.5 Å². The third kappa shape index (κ3) is 5.36. The highest BCUT2D eigenvalue weighted by atomic mass is 35.5. The summed E-state index contributed by atoms with van der Waals surface area (Å²) in [6.07, 6.45) is -2.40. The zero-order valence-electron chi connectivity index (χ0n) is 15.3. The highest BCUT2D eigenvalue weighted by Gasteiger charge is 2.37. The van der Waals surface area contributed by atoms with Gasteiger partial charge in [-0.2, -0.15) is 13.2 Å². The molecule has 3 rings (SSSR count). The fraction of sp³-hybridized carbons (Fsp3) is 0.632. The van der Waals surface area contributed by atoms with Gasteiger partial charge in [0.1, 0.15) is 0 Å².